The average molecular weight is 376 g/mol. The molecule has 2 aromatic heterocycles. The number of hydrogen-bond donors (Lipinski definition) is 2. The Morgan fingerprint density at radius 3 is 2.72 bits per heavy atom. The highest BCUT2D eigenvalue weighted by Crippen LogP contribution is 2.33. The van der Waals surface area contributed by atoms with Crippen LogP contribution in [0.15, 0.2) is 42.6 Å². The number of pyridine rings is 1. The van der Waals surface area contributed by atoms with Gasteiger partial charge in [-0.05, 0) is 43.3 Å². The summed E-state index contributed by atoms with van der Waals surface area (Å²) in [5.74, 6) is 0.277. The number of nitrogens with zero attached hydrogens (tertiary/aromatic N) is 3. The van der Waals surface area contributed by atoms with Crippen molar-refractivity contribution in [3.8, 4) is 11.1 Å². The molecule has 8 heteroatoms. The predicted molar refractivity (Wildman–Crippen MR) is 100.0 cm³/mol. The molecule has 1 aromatic carbocycles. The molecular formula is C17H15Cl2N5O. The minimum absolute atomic E-state index is 0.242. The number of aryl methyl sites for hydroxylation is 1. The molecular weight excluding hydrogens is 361 g/mol. The first kappa shape index (κ1) is 17.3. The van der Waals surface area contributed by atoms with Crippen molar-refractivity contribution >= 4 is 40.7 Å². The van der Waals surface area contributed by atoms with E-state index >= 15 is 0 Å². The molecule has 128 valence electrons. The molecule has 3 aromatic rings. The van der Waals surface area contributed by atoms with E-state index in [0.29, 0.717) is 39.2 Å². The second-order valence-electron chi connectivity index (χ2n) is 5.24. The van der Waals surface area contributed by atoms with Gasteiger partial charge < -0.3 is 11.1 Å². The van der Waals surface area contributed by atoms with E-state index in [-0.39, 0.29) is 11.7 Å². The van der Waals surface area contributed by atoms with Crippen LogP contribution in [-0.2, 0) is 6.54 Å². The molecule has 0 aliphatic heterocycles. The van der Waals surface area contributed by atoms with E-state index in [1.807, 2.05) is 6.92 Å². The van der Waals surface area contributed by atoms with Gasteiger partial charge in [0.2, 0.25) is 0 Å². The van der Waals surface area contributed by atoms with Gasteiger partial charge in [-0.15, -0.1) is 0 Å². The van der Waals surface area contributed by atoms with E-state index in [9.17, 15) is 4.79 Å². The summed E-state index contributed by atoms with van der Waals surface area (Å²) in [6.45, 7) is 2.50. The maximum Gasteiger partial charge on any atom is 0.275 e. The maximum absolute atomic E-state index is 12.3. The number of amides is 1. The molecule has 2 heterocycles. The molecule has 3 rings (SSSR count). The summed E-state index contributed by atoms with van der Waals surface area (Å²) in [4.78, 5) is 16.6. The lowest BCUT2D eigenvalue weighted by molar-refractivity contribution is 0.101. The average Bonchev–Trinajstić information content (AvgIpc) is 3.06. The number of nitrogens with one attached hydrogen (secondary N) is 1. The van der Waals surface area contributed by atoms with Crippen molar-refractivity contribution in [1.29, 1.82) is 0 Å². The molecule has 0 atom stereocenters. The first-order valence-electron chi connectivity index (χ1n) is 7.54. The van der Waals surface area contributed by atoms with Gasteiger partial charge >= 0.3 is 0 Å². The summed E-state index contributed by atoms with van der Waals surface area (Å²) in [7, 11) is 0. The van der Waals surface area contributed by atoms with Gasteiger partial charge in [-0.1, -0.05) is 23.2 Å². The number of carbonyl (C=O) groups excluding carboxylic acids is 1. The number of anilines is 2. The fourth-order valence-corrected chi connectivity index (χ4v) is 2.83. The van der Waals surface area contributed by atoms with Crippen LogP contribution in [0.4, 0.5) is 11.6 Å². The molecule has 0 aliphatic carbocycles. The third kappa shape index (κ3) is 3.60. The van der Waals surface area contributed by atoms with E-state index in [2.05, 4.69) is 15.4 Å². The standard InChI is InChI=1S/C17H15Cl2N5O/c1-2-24-14(7-8-21-24)17(25)23-15-6-4-11(16(20)22-15)12-9-10(18)3-5-13(12)19/h3-9H,2H2,1H3,(H3,20,22,23,25). The Bertz CT molecular complexity index is 939. The number of halogens is 2. The van der Waals surface area contributed by atoms with E-state index in [0.717, 1.165) is 0 Å². The highest BCUT2D eigenvalue weighted by atomic mass is 35.5. The second kappa shape index (κ2) is 7.13. The Hall–Kier alpha value is -2.57. The number of carbonyl (C=O) groups is 1. The molecule has 0 radical (unpaired) electrons. The summed E-state index contributed by atoms with van der Waals surface area (Å²) in [5.41, 5.74) is 7.81. The number of hydrogen-bond acceptors (Lipinski definition) is 4. The number of rotatable bonds is 4. The molecule has 0 aliphatic rings. The fraction of sp³-hybridized carbons (Fsp3) is 0.118. The normalized spacial score (nSPS) is 10.7. The van der Waals surface area contributed by atoms with E-state index in [4.69, 9.17) is 28.9 Å². The molecule has 0 spiro atoms. The topological polar surface area (TPSA) is 85.8 Å². The van der Waals surface area contributed by atoms with Crippen molar-refractivity contribution in [3.05, 3.63) is 58.3 Å². The largest absolute Gasteiger partial charge is 0.383 e. The lowest BCUT2D eigenvalue weighted by Gasteiger charge is -2.11. The highest BCUT2D eigenvalue weighted by molar-refractivity contribution is 6.35. The smallest absolute Gasteiger partial charge is 0.275 e. The molecule has 0 unspecified atom stereocenters. The van der Waals surface area contributed by atoms with Crippen molar-refractivity contribution in [2.45, 2.75) is 13.5 Å². The SMILES string of the molecule is CCn1nccc1C(=O)Nc1ccc(-c2cc(Cl)ccc2Cl)c(N)n1. The monoisotopic (exact) mass is 375 g/mol. The van der Waals surface area contributed by atoms with Crippen LogP contribution in [0.25, 0.3) is 11.1 Å². The first-order valence-corrected chi connectivity index (χ1v) is 8.30. The van der Waals surface area contributed by atoms with Crippen LogP contribution in [0, 0.1) is 0 Å². The number of benzene rings is 1. The van der Waals surface area contributed by atoms with Crippen LogP contribution in [0.2, 0.25) is 10.0 Å². The third-order valence-electron chi connectivity index (χ3n) is 3.63. The fourth-order valence-electron chi connectivity index (χ4n) is 2.43. The summed E-state index contributed by atoms with van der Waals surface area (Å²) >= 11 is 12.2. The lowest BCUT2D eigenvalue weighted by atomic mass is 10.1. The highest BCUT2D eigenvalue weighted by Gasteiger charge is 2.14. The lowest BCUT2D eigenvalue weighted by Crippen LogP contribution is -2.18. The van der Waals surface area contributed by atoms with Gasteiger partial charge in [-0.2, -0.15) is 5.10 Å². The van der Waals surface area contributed by atoms with Crippen molar-refractivity contribution in [3.63, 3.8) is 0 Å². The van der Waals surface area contributed by atoms with Gasteiger partial charge in [-0.25, -0.2) is 4.98 Å². The van der Waals surface area contributed by atoms with Gasteiger partial charge in [0.1, 0.15) is 17.3 Å². The van der Waals surface area contributed by atoms with Crippen LogP contribution in [0.3, 0.4) is 0 Å². The van der Waals surface area contributed by atoms with E-state index in [1.54, 1.807) is 47.3 Å². The van der Waals surface area contributed by atoms with Crippen LogP contribution in [0.5, 0.6) is 0 Å². The van der Waals surface area contributed by atoms with Gasteiger partial charge in [0.05, 0.1) is 0 Å². The molecule has 1 amide bonds. The maximum atomic E-state index is 12.3. The van der Waals surface area contributed by atoms with Crippen molar-refractivity contribution < 1.29 is 4.79 Å². The summed E-state index contributed by atoms with van der Waals surface area (Å²) in [6, 6.07) is 10.2. The van der Waals surface area contributed by atoms with Gasteiger partial charge in [-0.3, -0.25) is 9.48 Å². The second-order valence-corrected chi connectivity index (χ2v) is 6.08. The van der Waals surface area contributed by atoms with Crippen molar-refractivity contribution in [2.24, 2.45) is 0 Å². The zero-order valence-electron chi connectivity index (χ0n) is 13.3. The summed E-state index contributed by atoms with van der Waals surface area (Å²) in [5, 5.41) is 7.85. The van der Waals surface area contributed by atoms with Crippen LogP contribution in [0.1, 0.15) is 17.4 Å². The molecule has 6 nitrogen and oxygen atoms in total. The third-order valence-corrected chi connectivity index (χ3v) is 4.20. The van der Waals surface area contributed by atoms with Crippen LogP contribution >= 0.6 is 23.2 Å². The zero-order valence-corrected chi connectivity index (χ0v) is 14.8. The Morgan fingerprint density at radius 2 is 2.00 bits per heavy atom. The number of nitrogens with two attached hydrogens (primary N) is 1. The Balaban J connectivity index is 1.87. The van der Waals surface area contributed by atoms with Gasteiger partial charge in [0.25, 0.3) is 5.91 Å². The predicted octanol–water partition coefficient (Wildman–Crippen LogP) is 4.11. The Kier molecular flexibility index (Phi) is 4.92. The van der Waals surface area contributed by atoms with Crippen LogP contribution in [-0.4, -0.2) is 20.7 Å². The molecule has 0 fully saturated rings. The van der Waals surface area contributed by atoms with Gasteiger partial charge in [0, 0.05) is 33.9 Å². The molecule has 0 saturated carbocycles. The Morgan fingerprint density at radius 1 is 1.20 bits per heavy atom. The molecule has 3 N–H and O–H groups in total. The molecule has 0 bridgehead atoms. The molecule has 0 saturated heterocycles. The Labute approximate surface area is 154 Å². The van der Waals surface area contributed by atoms with Gasteiger partial charge in [0.15, 0.2) is 0 Å². The van der Waals surface area contributed by atoms with Crippen molar-refractivity contribution in [2.75, 3.05) is 11.1 Å². The van der Waals surface area contributed by atoms with E-state index in [1.165, 1.54) is 0 Å². The summed E-state index contributed by atoms with van der Waals surface area (Å²) < 4.78 is 1.60. The summed E-state index contributed by atoms with van der Waals surface area (Å²) in [6.07, 6.45) is 1.57. The minimum Gasteiger partial charge on any atom is -0.383 e. The molecule has 25 heavy (non-hydrogen) atoms. The van der Waals surface area contributed by atoms with E-state index < -0.39 is 0 Å². The van der Waals surface area contributed by atoms with Crippen LogP contribution < -0.4 is 11.1 Å². The number of aromatic nitrogens is 3. The first-order chi connectivity index (χ1) is 12.0. The minimum atomic E-state index is -0.306. The van der Waals surface area contributed by atoms with Crippen molar-refractivity contribution in [1.82, 2.24) is 14.8 Å². The number of nitrogen functional groups attached to an aromatic ring is 1. The quantitative estimate of drug-likeness (QED) is 0.718. The zero-order chi connectivity index (χ0) is 18.0.